The molecule has 0 bridgehead atoms. The lowest BCUT2D eigenvalue weighted by molar-refractivity contribution is -0.385. The first-order chi connectivity index (χ1) is 9.20. The van der Waals surface area contributed by atoms with Gasteiger partial charge in [0, 0.05) is 12.3 Å². The van der Waals surface area contributed by atoms with Crippen LogP contribution in [0.15, 0.2) is 42.6 Å². The normalized spacial score (nSPS) is 10.6. The largest absolute Gasteiger partial charge is 0.490 e. The second kappa shape index (κ2) is 5.77. The van der Waals surface area contributed by atoms with Crippen molar-refractivity contribution in [2.75, 3.05) is 7.11 Å². The van der Waals surface area contributed by atoms with E-state index in [1.807, 2.05) is 30.4 Å². The van der Waals surface area contributed by atoms with E-state index in [1.165, 1.54) is 13.2 Å². The Kier molecular flexibility index (Phi) is 3.87. The van der Waals surface area contributed by atoms with Crippen LogP contribution in [0.1, 0.15) is 11.3 Å². The molecular weight excluding hydrogens is 244 g/mol. The van der Waals surface area contributed by atoms with E-state index < -0.39 is 4.92 Å². The van der Waals surface area contributed by atoms with Crippen LogP contribution in [-0.4, -0.2) is 17.0 Å². The van der Waals surface area contributed by atoms with Gasteiger partial charge >= 0.3 is 5.69 Å². The van der Waals surface area contributed by atoms with E-state index in [1.54, 1.807) is 18.3 Å². The Hall–Kier alpha value is -2.69. The molecule has 0 N–H and O–H groups in total. The second-order valence-electron chi connectivity index (χ2n) is 3.78. The molecule has 0 aliphatic rings. The molecule has 0 spiro atoms. The van der Waals surface area contributed by atoms with Gasteiger partial charge in [0.15, 0.2) is 5.75 Å². The number of aromatic nitrogens is 1. The molecule has 0 radical (unpaired) electrons. The van der Waals surface area contributed by atoms with Crippen molar-refractivity contribution >= 4 is 17.8 Å². The van der Waals surface area contributed by atoms with Crippen LogP contribution in [0.2, 0.25) is 0 Å². The van der Waals surface area contributed by atoms with E-state index in [9.17, 15) is 10.1 Å². The molecule has 1 aromatic carbocycles. The van der Waals surface area contributed by atoms with Crippen molar-refractivity contribution in [1.29, 1.82) is 0 Å². The standard InChI is InChI=1S/C14H12N2O3/c1-19-14-10-11(6-8-13(14)16(17)18)5-7-12-4-2-3-9-15-12/h2-10H,1H3/b7-5+. The quantitative estimate of drug-likeness (QED) is 0.622. The summed E-state index contributed by atoms with van der Waals surface area (Å²) in [6, 6.07) is 10.3. The first kappa shape index (κ1) is 12.8. The van der Waals surface area contributed by atoms with E-state index in [4.69, 9.17) is 4.74 Å². The second-order valence-corrected chi connectivity index (χ2v) is 3.78. The van der Waals surface area contributed by atoms with Crippen molar-refractivity contribution in [3.63, 3.8) is 0 Å². The van der Waals surface area contributed by atoms with Gasteiger partial charge in [0.1, 0.15) is 0 Å². The van der Waals surface area contributed by atoms with Crippen LogP contribution in [0, 0.1) is 10.1 Å². The number of nitro groups is 1. The van der Waals surface area contributed by atoms with E-state index in [2.05, 4.69) is 4.98 Å². The minimum atomic E-state index is -0.467. The van der Waals surface area contributed by atoms with Crippen LogP contribution in [0.25, 0.3) is 12.2 Å². The van der Waals surface area contributed by atoms with Gasteiger partial charge in [0.05, 0.1) is 17.7 Å². The van der Waals surface area contributed by atoms with Gasteiger partial charge in [0.25, 0.3) is 0 Å². The highest BCUT2D eigenvalue weighted by Crippen LogP contribution is 2.28. The Balaban J connectivity index is 2.27. The monoisotopic (exact) mass is 256 g/mol. The molecule has 0 aliphatic carbocycles. The minimum absolute atomic E-state index is 0.0440. The molecule has 96 valence electrons. The molecule has 5 heteroatoms. The van der Waals surface area contributed by atoms with Gasteiger partial charge in [-0.2, -0.15) is 0 Å². The average molecular weight is 256 g/mol. The number of nitrogens with zero attached hydrogens (tertiary/aromatic N) is 2. The predicted octanol–water partition coefficient (Wildman–Crippen LogP) is 3.17. The van der Waals surface area contributed by atoms with Crippen LogP contribution in [0.4, 0.5) is 5.69 Å². The molecule has 0 saturated heterocycles. The molecule has 0 fully saturated rings. The van der Waals surface area contributed by atoms with Gasteiger partial charge in [-0.05, 0) is 35.9 Å². The first-order valence-corrected chi connectivity index (χ1v) is 5.62. The Morgan fingerprint density at radius 2 is 2.11 bits per heavy atom. The average Bonchev–Trinajstić information content (AvgIpc) is 2.45. The molecule has 0 aliphatic heterocycles. The van der Waals surface area contributed by atoms with Crippen LogP contribution >= 0.6 is 0 Å². The zero-order chi connectivity index (χ0) is 13.7. The van der Waals surface area contributed by atoms with Gasteiger partial charge in [-0.1, -0.05) is 12.1 Å². The van der Waals surface area contributed by atoms with Crippen molar-refractivity contribution in [2.24, 2.45) is 0 Å². The van der Waals surface area contributed by atoms with Crippen molar-refractivity contribution in [3.05, 3.63) is 64.0 Å². The first-order valence-electron chi connectivity index (χ1n) is 5.62. The molecule has 5 nitrogen and oxygen atoms in total. The summed E-state index contributed by atoms with van der Waals surface area (Å²) in [4.78, 5) is 14.5. The third-order valence-electron chi connectivity index (χ3n) is 2.53. The summed E-state index contributed by atoms with van der Waals surface area (Å²) in [6.07, 6.45) is 5.37. The lowest BCUT2D eigenvalue weighted by atomic mass is 10.1. The Bertz CT molecular complexity index is 609. The maximum Gasteiger partial charge on any atom is 0.310 e. The third kappa shape index (κ3) is 3.16. The Labute approximate surface area is 110 Å². The minimum Gasteiger partial charge on any atom is -0.490 e. The lowest BCUT2D eigenvalue weighted by Gasteiger charge is -2.02. The number of methoxy groups -OCH3 is 1. The molecule has 2 aromatic rings. The molecule has 1 aromatic heterocycles. The summed E-state index contributed by atoms with van der Waals surface area (Å²) < 4.78 is 5.01. The van der Waals surface area contributed by atoms with Crippen molar-refractivity contribution in [2.45, 2.75) is 0 Å². The smallest absolute Gasteiger partial charge is 0.310 e. The van der Waals surface area contributed by atoms with Gasteiger partial charge in [-0.3, -0.25) is 15.1 Å². The maximum absolute atomic E-state index is 10.8. The summed E-state index contributed by atoms with van der Waals surface area (Å²) in [6.45, 7) is 0. The van der Waals surface area contributed by atoms with Crippen LogP contribution < -0.4 is 4.74 Å². The third-order valence-corrected chi connectivity index (χ3v) is 2.53. The summed E-state index contributed by atoms with van der Waals surface area (Å²) in [5.41, 5.74) is 1.59. The molecule has 0 unspecified atom stereocenters. The molecule has 2 rings (SSSR count). The fourth-order valence-corrected chi connectivity index (χ4v) is 1.60. The van der Waals surface area contributed by atoms with Gasteiger partial charge < -0.3 is 4.74 Å². The van der Waals surface area contributed by atoms with Gasteiger partial charge in [-0.25, -0.2) is 0 Å². The number of pyridine rings is 1. The number of hydrogen-bond acceptors (Lipinski definition) is 4. The fraction of sp³-hybridized carbons (Fsp3) is 0.0714. The lowest BCUT2D eigenvalue weighted by Crippen LogP contribution is -1.93. The number of hydrogen-bond donors (Lipinski definition) is 0. The highest BCUT2D eigenvalue weighted by molar-refractivity contribution is 5.70. The molecule has 19 heavy (non-hydrogen) atoms. The summed E-state index contributed by atoms with van der Waals surface area (Å²) in [5.74, 6) is 0.244. The molecule has 0 saturated carbocycles. The van der Waals surface area contributed by atoms with Crippen molar-refractivity contribution in [1.82, 2.24) is 4.98 Å². The predicted molar refractivity (Wildman–Crippen MR) is 72.8 cm³/mol. The molecule has 0 amide bonds. The van der Waals surface area contributed by atoms with Crippen molar-refractivity contribution in [3.8, 4) is 5.75 Å². The van der Waals surface area contributed by atoms with Crippen LogP contribution in [0.5, 0.6) is 5.75 Å². The van der Waals surface area contributed by atoms with E-state index in [0.29, 0.717) is 0 Å². The summed E-state index contributed by atoms with van der Waals surface area (Å²) in [5, 5.41) is 10.8. The zero-order valence-electron chi connectivity index (χ0n) is 10.3. The summed E-state index contributed by atoms with van der Waals surface area (Å²) in [7, 11) is 1.41. The fourth-order valence-electron chi connectivity index (χ4n) is 1.60. The maximum atomic E-state index is 10.8. The van der Waals surface area contributed by atoms with Gasteiger partial charge in [-0.15, -0.1) is 0 Å². The summed E-state index contributed by atoms with van der Waals surface area (Å²) >= 11 is 0. The highest BCUT2D eigenvalue weighted by atomic mass is 16.6. The zero-order valence-corrected chi connectivity index (χ0v) is 10.3. The molecule has 0 atom stereocenters. The Morgan fingerprint density at radius 3 is 2.74 bits per heavy atom. The SMILES string of the molecule is COc1cc(/C=C/c2ccccn2)ccc1[N+](=O)[O-]. The number of rotatable bonds is 4. The number of benzene rings is 1. The highest BCUT2D eigenvalue weighted by Gasteiger charge is 2.13. The number of nitro benzene ring substituents is 1. The molecular formula is C14H12N2O3. The Morgan fingerprint density at radius 1 is 1.26 bits per heavy atom. The topological polar surface area (TPSA) is 65.3 Å². The van der Waals surface area contributed by atoms with E-state index in [0.717, 1.165) is 11.3 Å². The molecule has 1 heterocycles. The van der Waals surface area contributed by atoms with Crippen LogP contribution in [0.3, 0.4) is 0 Å². The van der Waals surface area contributed by atoms with Crippen molar-refractivity contribution < 1.29 is 9.66 Å². The van der Waals surface area contributed by atoms with E-state index in [-0.39, 0.29) is 11.4 Å². The van der Waals surface area contributed by atoms with Gasteiger partial charge in [0.2, 0.25) is 0 Å². The number of ether oxygens (including phenoxy) is 1. The van der Waals surface area contributed by atoms with Crippen LogP contribution in [-0.2, 0) is 0 Å². The van der Waals surface area contributed by atoms with E-state index >= 15 is 0 Å².